The van der Waals surface area contributed by atoms with Gasteiger partial charge in [0.2, 0.25) is 0 Å². The van der Waals surface area contributed by atoms with E-state index < -0.39 is 0 Å². The maximum atomic E-state index is 11.9. The zero-order chi connectivity index (χ0) is 15.2. The SMILES string of the molecule is CCn1ncc(NCCOc2ccc(N)cc2)c(Br)c1=O. The molecule has 0 saturated heterocycles. The van der Waals surface area contributed by atoms with Gasteiger partial charge in [-0.2, -0.15) is 5.10 Å². The second-order valence-corrected chi connectivity index (χ2v) is 5.13. The first kappa shape index (κ1) is 15.4. The highest BCUT2D eigenvalue weighted by atomic mass is 79.9. The van der Waals surface area contributed by atoms with E-state index in [1.165, 1.54) is 4.68 Å². The third-order valence-electron chi connectivity index (χ3n) is 2.85. The van der Waals surface area contributed by atoms with Crippen LogP contribution in [0.25, 0.3) is 0 Å². The van der Waals surface area contributed by atoms with Crippen molar-refractivity contribution in [3.8, 4) is 5.75 Å². The fourth-order valence-electron chi connectivity index (χ4n) is 1.73. The number of ether oxygens (including phenoxy) is 1. The molecule has 0 aliphatic carbocycles. The highest BCUT2D eigenvalue weighted by Crippen LogP contribution is 2.16. The maximum Gasteiger partial charge on any atom is 0.283 e. The molecule has 2 rings (SSSR count). The molecule has 3 N–H and O–H groups in total. The number of aryl methyl sites for hydroxylation is 1. The number of nitrogens with one attached hydrogen (secondary N) is 1. The molecule has 2 aromatic rings. The summed E-state index contributed by atoms with van der Waals surface area (Å²) in [5.41, 5.74) is 6.81. The summed E-state index contributed by atoms with van der Waals surface area (Å²) in [6.45, 7) is 3.43. The standard InChI is InChI=1S/C14H17BrN4O2/c1-2-19-14(20)13(15)12(9-18-19)17-7-8-21-11-5-3-10(16)4-6-11/h3-6,9,17H,2,7-8,16H2,1H3. The molecule has 0 amide bonds. The molecule has 0 atom stereocenters. The minimum Gasteiger partial charge on any atom is -0.492 e. The Morgan fingerprint density at radius 3 is 2.76 bits per heavy atom. The summed E-state index contributed by atoms with van der Waals surface area (Å²) in [5.74, 6) is 0.754. The van der Waals surface area contributed by atoms with Gasteiger partial charge < -0.3 is 15.8 Å². The molecule has 0 spiro atoms. The van der Waals surface area contributed by atoms with E-state index in [9.17, 15) is 4.79 Å². The molecule has 1 heterocycles. The summed E-state index contributed by atoms with van der Waals surface area (Å²) in [6, 6.07) is 7.20. The molecule has 1 aromatic carbocycles. The lowest BCUT2D eigenvalue weighted by Crippen LogP contribution is -2.24. The van der Waals surface area contributed by atoms with E-state index >= 15 is 0 Å². The van der Waals surface area contributed by atoms with Crippen molar-refractivity contribution in [2.75, 3.05) is 24.2 Å². The van der Waals surface area contributed by atoms with Crippen molar-refractivity contribution in [3.63, 3.8) is 0 Å². The van der Waals surface area contributed by atoms with E-state index in [0.717, 1.165) is 5.75 Å². The lowest BCUT2D eigenvalue weighted by molar-refractivity contribution is 0.333. The van der Waals surface area contributed by atoms with Crippen LogP contribution in [0.2, 0.25) is 0 Å². The van der Waals surface area contributed by atoms with Crippen LogP contribution in [0.5, 0.6) is 5.75 Å². The summed E-state index contributed by atoms with van der Waals surface area (Å²) in [5, 5.41) is 7.18. The predicted octanol–water partition coefficient (Wildman–Crippen LogP) is 2.10. The van der Waals surface area contributed by atoms with Crippen LogP contribution in [0.1, 0.15) is 6.92 Å². The van der Waals surface area contributed by atoms with Crippen LogP contribution in [0.15, 0.2) is 39.7 Å². The zero-order valence-corrected chi connectivity index (χ0v) is 13.3. The Morgan fingerprint density at radius 2 is 2.10 bits per heavy atom. The number of anilines is 2. The van der Waals surface area contributed by atoms with Crippen LogP contribution >= 0.6 is 15.9 Å². The molecular weight excluding hydrogens is 336 g/mol. The van der Waals surface area contributed by atoms with E-state index in [1.807, 2.05) is 19.1 Å². The Kier molecular flexibility index (Phi) is 5.21. The summed E-state index contributed by atoms with van der Waals surface area (Å²) in [7, 11) is 0. The third-order valence-corrected chi connectivity index (χ3v) is 3.62. The number of halogens is 1. The van der Waals surface area contributed by atoms with Crippen molar-refractivity contribution in [1.82, 2.24) is 9.78 Å². The molecular formula is C14H17BrN4O2. The minimum atomic E-state index is -0.151. The van der Waals surface area contributed by atoms with Crippen molar-refractivity contribution in [2.24, 2.45) is 0 Å². The molecule has 0 radical (unpaired) electrons. The number of nitrogens with two attached hydrogens (primary N) is 1. The predicted molar refractivity (Wildman–Crippen MR) is 86.7 cm³/mol. The lowest BCUT2D eigenvalue weighted by atomic mass is 10.3. The largest absolute Gasteiger partial charge is 0.492 e. The van der Waals surface area contributed by atoms with E-state index in [-0.39, 0.29) is 5.56 Å². The van der Waals surface area contributed by atoms with Crippen LogP contribution in [0.3, 0.4) is 0 Å². The zero-order valence-electron chi connectivity index (χ0n) is 11.7. The molecule has 112 valence electrons. The number of benzene rings is 1. The Hall–Kier alpha value is -2.02. The molecule has 21 heavy (non-hydrogen) atoms. The molecule has 6 nitrogen and oxygen atoms in total. The van der Waals surface area contributed by atoms with Gasteiger partial charge in [-0.1, -0.05) is 0 Å². The van der Waals surface area contributed by atoms with Crippen molar-refractivity contribution in [3.05, 3.63) is 45.3 Å². The highest BCUT2D eigenvalue weighted by molar-refractivity contribution is 9.10. The average Bonchev–Trinajstić information content (AvgIpc) is 2.49. The molecule has 0 saturated carbocycles. The van der Waals surface area contributed by atoms with Gasteiger partial charge in [0.15, 0.2) is 0 Å². The Balaban J connectivity index is 1.88. The fourth-order valence-corrected chi connectivity index (χ4v) is 2.18. The smallest absolute Gasteiger partial charge is 0.283 e. The Morgan fingerprint density at radius 1 is 1.38 bits per heavy atom. The first-order valence-corrected chi connectivity index (χ1v) is 7.39. The second-order valence-electron chi connectivity index (χ2n) is 4.34. The van der Waals surface area contributed by atoms with Gasteiger partial charge in [0.05, 0.1) is 11.9 Å². The van der Waals surface area contributed by atoms with Crippen molar-refractivity contribution < 1.29 is 4.74 Å². The summed E-state index contributed by atoms with van der Waals surface area (Å²) >= 11 is 3.29. The van der Waals surface area contributed by atoms with Crippen LogP contribution in [-0.4, -0.2) is 22.9 Å². The van der Waals surface area contributed by atoms with Gasteiger partial charge in [0.1, 0.15) is 16.8 Å². The van der Waals surface area contributed by atoms with Crippen LogP contribution in [-0.2, 0) is 6.54 Å². The van der Waals surface area contributed by atoms with Gasteiger partial charge in [0.25, 0.3) is 5.56 Å². The van der Waals surface area contributed by atoms with Crippen LogP contribution < -0.4 is 21.3 Å². The Labute approximate surface area is 131 Å². The normalized spacial score (nSPS) is 10.4. The van der Waals surface area contributed by atoms with E-state index in [2.05, 4.69) is 26.3 Å². The number of rotatable bonds is 6. The minimum absolute atomic E-state index is 0.151. The van der Waals surface area contributed by atoms with Crippen molar-refractivity contribution >= 4 is 27.3 Å². The van der Waals surface area contributed by atoms with E-state index in [1.54, 1.807) is 18.3 Å². The summed E-state index contributed by atoms with van der Waals surface area (Å²) < 4.78 is 7.43. The highest BCUT2D eigenvalue weighted by Gasteiger charge is 2.07. The molecule has 0 aliphatic rings. The van der Waals surface area contributed by atoms with Gasteiger partial charge in [0, 0.05) is 18.8 Å². The number of hydrogen-bond donors (Lipinski definition) is 2. The molecule has 0 bridgehead atoms. The molecule has 7 heteroatoms. The Bertz CT molecular complexity index is 655. The van der Waals surface area contributed by atoms with E-state index in [0.29, 0.717) is 35.5 Å². The van der Waals surface area contributed by atoms with Crippen LogP contribution in [0, 0.1) is 0 Å². The van der Waals surface area contributed by atoms with E-state index in [4.69, 9.17) is 10.5 Å². The first-order valence-electron chi connectivity index (χ1n) is 6.59. The molecule has 0 unspecified atom stereocenters. The molecule has 1 aromatic heterocycles. The second kappa shape index (κ2) is 7.12. The number of nitrogens with zero attached hydrogens (tertiary/aromatic N) is 2. The number of nitrogen functional groups attached to an aromatic ring is 1. The van der Waals surface area contributed by atoms with Gasteiger partial charge in [-0.25, -0.2) is 4.68 Å². The number of aromatic nitrogens is 2. The first-order chi connectivity index (χ1) is 10.1. The third kappa shape index (κ3) is 3.98. The van der Waals surface area contributed by atoms with Crippen molar-refractivity contribution in [1.29, 1.82) is 0 Å². The summed E-state index contributed by atoms with van der Waals surface area (Å²) in [6.07, 6.45) is 1.62. The van der Waals surface area contributed by atoms with Gasteiger partial charge in [-0.05, 0) is 47.1 Å². The lowest BCUT2D eigenvalue weighted by Gasteiger charge is -2.10. The quantitative estimate of drug-likeness (QED) is 0.614. The maximum absolute atomic E-state index is 11.9. The number of hydrogen-bond acceptors (Lipinski definition) is 5. The van der Waals surface area contributed by atoms with Crippen LogP contribution in [0.4, 0.5) is 11.4 Å². The summed E-state index contributed by atoms with van der Waals surface area (Å²) in [4.78, 5) is 11.9. The topological polar surface area (TPSA) is 82.2 Å². The average molecular weight is 353 g/mol. The molecule has 0 aliphatic heterocycles. The van der Waals surface area contributed by atoms with Gasteiger partial charge in [-0.3, -0.25) is 4.79 Å². The fraction of sp³-hybridized carbons (Fsp3) is 0.286. The van der Waals surface area contributed by atoms with Crippen molar-refractivity contribution in [2.45, 2.75) is 13.5 Å². The van der Waals surface area contributed by atoms with Gasteiger partial charge in [-0.15, -0.1) is 0 Å². The van der Waals surface area contributed by atoms with Gasteiger partial charge >= 0.3 is 0 Å². The molecule has 0 fully saturated rings. The monoisotopic (exact) mass is 352 g/mol.